The zero-order valence-corrected chi connectivity index (χ0v) is 10.6. The van der Waals surface area contributed by atoms with Crippen LogP contribution in [0.25, 0.3) is 5.65 Å². The second-order valence-corrected chi connectivity index (χ2v) is 4.85. The number of ether oxygens (including phenoxy) is 2. The molecule has 0 bridgehead atoms. The summed E-state index contributed by atoms with van der Waals surface area (Å²) >= 11 is 0. The molecule has 1 aliphatic heterocycles. The Morgan fingerprint density at radius 3 is 3.17 bits per heavy atom. The molecule has 1 fully saturated rings. The van der Waals surface area contributed by atoms with Gasteiger partial charge >= 0.3 is 0 Å². The van der Waals surface area contributed by atoms with E-state index in [1.165, 1.54) is 12.8 Å². The van der Waals surface area contributed by atoms with E-state index in [2.05, 4.69) is 11.2 Å². The first-order valence-electron chi connectivity index (χ1n) is 6.44. The molecule has 1 aliphatic rings. The van der Waals surface area contributed by atoms with Crippen LogP contribution in [0.4, 0.5) is 0 Å². The molecule has 4 heteroatoms. The summed E-state index contributed by atoms with van der Waals surface area (Å²) in [5.41, 5.74) is 2.11. The van der Waals surface area contributed by atoms with Gasteiger partial charge in [-0.3, -0.25) is 0 Å². The Labute approximate surface area is 107 Å². The zero-order valence-electron chi connectivity index (χ0n) is 10.6. The lowest BCUT2D eigenvalue weighted by atomic mass is 9.97. The lowest BCUT2D eigenvalue weighted by Gasteiger charge is -2.20. The van der Waals surface area contributed by atoms with Crippen LogP contribution in [0, 0.1) is 5.92 Å². The molecule has 0 saturated carbocycles. The molecule has 2 aromatic rings. The minimum absolute atomic E-state index is 0.616. The number of hydrogen-bond acceptors (Lipinski definition) is 3. The highest BCUT2D eigenvalue weighted by Crippen LogP contribution is 2.20. The summed E-state index contributed by atoms with van der Waals surface area (Å²) < 4.78 is 12.7. The van der Waals surface area contributed by atoms with Crippen molar-refractivity contribution in [3.8, 4) is 5.75 Å². The minimum Gasteiger partial charge on any atom is -0.495 e. The third-order valence-corrected chi connectivity index (χ3v) is 3.46. The van der Waals surface area contributed by atoms with Gasteiger partial charge in [0, 0.05) is 19.4 Å². The quantitative estimate of drug-likeness (QED) is 0.833. The Morgan fingerprint density at radius 2 is 2.39 bits per heavy atom. The Kier molecular flexibility index (Phi) is 3.19. The van der Waals surface area contributed by atoms with Crippen molar-refractivity contribution in [2.45, 2.75) is 19.3 Å². The molecule has 2 aromatic heterocycles. The van der Waals surface area contributed by atoms with Gasteiger partial charge in [-0.2, -0.15) is 0 Å². The minimum atomic E-state index is 0.616. The predicted molar refractivity (Wildman–Crippen MR) is 69.0 cm³/mol. The maximum atomic E-state index is 5.51. The summed E-state index contributed by atoms with van der Waals surface area (Å²) in [4.78, 5) is 4.63. The van der Waals surface area contributed by atoms with Crippen molar-refractivity contribution in [3.05, 3.63) is 30.2 Å². The van der Waals surface area contributed by atoms with E-state index in [1.807, 2.05) is 22.7 Å². The number of methoxy groups -OCH3 is 1. The van der Waals surface area contributed by atoms with E-state index < -0.39 is 0 Å². The highest BCUT2D eigenvalue weighted by atomic mass is 16.5. The van der Waals surface area contributed by atoms with Crippen LogP contribution in [-0.4, -0.2) is 29.7 Å². The molecule has 3 rings (SSSR count). The largest absolute Gasteiger partial charge is 0.495 e. The zero-order chi connectivity index (χ0) is 12.4. The van der Waals surface area contributed by atoms with Gasteiger partial charge < -0.3 is 13.9 Å². The maximum Gasteiger partial charge on any atom is 0.137 e. The van der Waals surface area contributed by atoms with Gasteiger partial charge in [-0.25, -0.2) is 4.98 Å². The Morgan fingerprint density at radius 1 is 1.44 bits per heavy atom. The predicted octanol–water partition coefficient (Wildman–Crippen LogP) is 2.31. The molecular formula is C14H18N2O2. The van der Waals surface area contributed by atoms with Crippen molar-refractivity contribution in [1.82, 2.24) is 9.38 Å². The summed E-state index contributed by atoms with van der Waals surface area (Å²) in [5, 5.41) is 0. The molecular weight excluding hydrogens is 228 g/mol. The van der Waals surface area contributed by atoms with Gasteiger partial charge in [0.2, 0.25) is 0 Å². The number of pyridine rings is 1. The molecule has 0 aromatic carbocycles. The van der Waals surface area contributed by atoms with E-state index in [9.17, 15) is 0 Å². The molecule has 0 N–H and O–H groups in total. The van der Waals surface area contributed by atoms with E-state index in [0.29, 0.717) is 5.92 Å². The monoisotopic (exact) mass is 246 g/mol. The maximum absolute atomic E-state index is 5.51. The van der Waals surface area contributed by atoms with Crippen LogP contribution >= 0.6 is 0 Å². The summed E-state index contributed by atoms with van der Waals surface area (Å²) in [5.74, 6) is 1.47. The van der Waals surface area contributed by atoms with Crippen molar-refractivity contribution in [2.24, 2.45) is 5.92 Å². The molecule has 0 spiro atoms. The van der Waals surface area contributed by atoms with Crippen molar-refractivity contribution in [3.63, 3.8) is 0 Å². The second kappa shape index (κ2) is 4.98. The molecule has 0 radical (unpaired) electrons. The summed E-state index contributed by atoms with van der Waals surface area (Å²) in [7, 11) is 1.68. The Balaban J connectivity index is 1.79. The number of fused-ring (bicyclic) bond motifs is 1. The summed E-state index contributed by atoms with van der Waals surface area (Å²) in [6.45, 7) is 1.79. The van der Waals surface area contributed by atoms with Crippen LogP contribution in [-0.2, 0) is 11.2 Å². The van der Waals surface area contributed by atoms with Gasteiger partial charge in [0.1, 0.15) is 11.4 Å². The third-order valence-electron chi connectivity index (χ3n) is 3.46. The van der Waals surface area contributed by atoms with Crippen LogP contribution in [0.3, 0.4) is 0 Å². The molecule has 1 unspecified atom stereocenters. The van der Waals surface area contributed by atoms with Crippen LogP contribution in [0.5, 0.6) is 5.75 Å². The van der Waals surface area contributed by atoms with E-state index in [-0.39, 0.29) is 0 Å². The van der Waals surface area contributed by atoms with Gasteiger partial charge in [0.25, 0.3) is 0 Å². The SMILES string of the molecule is COc1ccc2nc(CC3CCCOC3)cn2c1. The smallest absolute Gasteiger partial charge is 0.137 e. The van der Waals surface area contributed by atoms with Crippen LogP contribution in [0.15, 0.2) is 24.5 Å². The van der Waals surface area contributed by atoms with Gasteiger partial charge in [0.05, 0.1) is 19.0 Å². The van der Waals surface area contributed by atoms with Crippen LogP contribution in [0.1, 0.15) is 18.5 Å². The summed E-state index contributed by atoms with van der Waals surface area (Å²) in [6.07, 6.45) is 7.47. The number of hydrogen-bond donors (Lipinski definition) is 0. The van der Waals surface area contributed by atoms with Crippen LogP contribution in [0.2, 0.25) is 0 Å². The Bertz CT molecular complexity index is 530. The molecule has 3 heterocycles. The van der Waals surface area contributed by atoms with Gasteiger partial charge in [-0.1, -0.05) is 0 Å². The van der Waals surface area contributed by atoms with Crippen LogP contribution < -0.4 is 4.74 Å². The first-order valence-corrected chi connectivity index (χ1v) is 6.44. The number of imidazole rings is 1. The van der Waals surface area contributed by atoms with Gasteiger partial charge in [-0.05, 0) is 37.3 Å². The lowest BCUT2D eigenvalue weighted by molar-refractivity contribution is 0.0547. The molecule has 18 heavy (non-hydrogen) atoms. The molecule has 96 valence electrons. The lowest BCUT2D eigenvalue weighted by Crippen LogP contribution is -2.19. The fourth-order valence-corrected chi connectivity index (χ4v) is 2.51. The second-order valence-electron chi connectivity index (χ2n) is 4.85. The Hall–Kier alpha value is -1.55. The number of rotatable bonds is 3. The third kappa shape index (κ3) is 2.34. The van der Waals surface area contributed by atoms with E-state index in [1.54, 1.807) is 7.11 Å². The normalized spacial score (nSPS) is 20.2. The van der Waals surface area contributed by atoms with Crippen molar-refractivity contribution < 1.29 is 9.47 Å². The molecule has 0 aliphatic carbocycles. The fraction of sp³-hybridized carbons (Fsp3) is 0.500. The number of aromatic nitrogens is 2. The van der Waals surface area contributed by atoms with Gasteiger partial charge in [0.15, 0.2) is 0 Å². The first-order chi connectivity index (χ1) is 8.85. The standard InChI is InChI=1S/C14H18N2O2/c1-17-13-4-5-14-15-12(8-16(14)9-13)7-11-3-2-6-18-10-11/h4-5,8-9,11H,2-3,6-7,10H2,1H3. The summed E-state index contributed by atoms with van der Waals surface area (Å²) in [6, 6.07) is 3.93. The topological polar surface area (TPSA) is 35.8 Å². The van der Waals surface area contributed by atoms with E-state index in [0.717, 1.165) is 36.7 Å². The fourth-order valence-electron chi connectivity index (χ4n) is 2.51. The van der Waals surface area contributed by atoms with Gasteiger partial charge in [-0.15, -0.1) is 0 Å². The van der Waals surface area contributed by atoms with E-state index >= 15 is 0 Å². The van der Waals surface area contributed by atoms with E-state index in [4.69, 9.17) is 9.47 Å². The molecule has 1 saturated heterocycles. The highest BCUT2D eigenvalue weighted by molar-refractivity contribution is 5.43. The molecule has 1 atom stereocenters. The average Bonchev–Trinajstić information content (AvgIpc) is 2.80. The van der Waals surface area contributed by atoms with Crippen molar-refractivity contribution in [2.75, 3.05) is 20.3 Å². The number of nitrogens with zero attached hydrogens (tertiary/aromatic N) is 2. The first kappa shape index (κ1) is 11.5. The van der Waals surface area contributed by atoms with Crippen molar-refractivity contribution in [1.29, 1.82) is 0 Å². The molecule has 0 amide bonds. The highest BCUT2D eigenvalue weighted by Gasteiger charge is 2.16. The molecule has 4 nitrogen and oxygen atoms in total. The average molecular weight is 246 g/mol. The van der Waals surface area contributed by atoms with Crippen molar-refractivity contribution >= 4 is 5.65 Å².